The van der Waals surface area contributed by atoms with E-state index in [4.69, 9.17) is 0 Å². The summed E-state index contributed by atoms with van der Waals surface area (Å²) in [5, 5.41) is 9.23. The van der Waals surface area contributed by atoms with Gasteiger partial charge in [0.2, 0.25) is 0 Å². The number of esters is 1. The summed E-state index contributed by atoms with van der Waals surface area (Å²) >= 11 is 0. The fraction of sp³-hybridized carbons (Fsp3) is 0.750. The van der Waals surface area contributed by atoms with Crippen LogP contribution in [0, 0.1) is 0 Å². The summed E-state index contributed by atoms with van der Waals surface area (Å²) in [6.45, 7) is 2.37. The van der Waals surface area contributed by atoms with Crippen molar-refractivity contribution in [1.29, 1.82) is 0 Å². The minimum Gasteiger partial charge on any atom is -0.460 e. The van der Waals surface area contributed by atoms with Gasteiger partial charge in [-0.3, -0.25) is 0 Å². The van der Waals surface area contributed by atoms with Crippen LogP contribution in [0.5, 0.6) is 0 Å². The second kappa shape index (κ2) is 7.93. The van der Waals surface area contributed by atoms with Crippen molar-refractivity contribution in [1.82, 2.24) is 0 Å². The van der Waals surface area contributed by atoms with Crippen molar-refractivity contribution in [2.24, 2.45) is 0 Å². The maximum Gasteiger partial charge on any atom is 0.377 e. The topological polar surface area (TPSA) is 46.5 Å². The first-order chi connectivity index (χ1) is 10.3. The fourth-order valence-electron chi connectivity index (χ4n) is 1.42. The number of aliphatic hydroxyl groups excluding tert-OH is 1. The van der Waals surface area contributed by atoms with Crippen molar-refractivity contribution in [3.63, 3.8) is 0 Å². The molecule has 0 amide bonds. The lowest BCUT2D eigenvalue weighted by atomic mass is 9.98. The number of aliphatic hydroxyl groups is 1. The molecule has 0 bridgehead atoms. The van der Waals surface area contributed by atoms with Gasteiger partial charge in [0.25, 0.3) is 0 Å². The highest BCUT2D eigenvalue weighted by molar-refractivity contribution is 5.81. The standard InChI is InChI=1S/C12H14F8O3/c1-2-8(22)23-6-7(21)4-3-5-10(15,16)12(19,20)11(17,18)9(13)14/h2,7,9,21H,1,3-6H2. The molecule has 1 N–H and O–H groups in total. The first-order valence-electron chi connectivity index (χ1n) is 6.18. The van der Waals surface area contributed by atoms with Gasteiger partial charge in [0.05, 0.1) is 6.10 Å². The van der Waals surface area contributed by atoms with Crippen LogP contribution in [0.1, 0.15) is 19.3 Å². The Bertz CT molecular complexity index is 411. The van der Waals surface area contributed by atoms with E-state index < -0.39 is 62.1 Å². The van der Waals surface area contributed by atoms with Crippen molar-refractivity contribution in [3.05, 3.63) is 12.7 Å². The monoisotopic (exact) mass is 358 g/mol. The van der Waals surface area contributed by atoms with Gasteiger partial charge in [-0.25, -0.2) is 13.6 Å². The highest BCUT2D eigenvalue weighted by atomic mass is 19.4. The number of carbonyl (C=O) groups excluding carboxylic acids is 1. The van der Waals surface area contributed by atoms with E-state index in [9.17, 15) is 45.0 Å². The van der Waals surface area contributed by atoms with Crippen molar-refractivity contribution < 1.29 is 49.8 Å². The van der Waals surface area contributed by atoms with Crippen LogP contribution < -0.4 is 0 Å². The first-order valence-corrected chi connectivity index (χ1v) is 6.18. The second-order valence-corrected chi connectivity index (χ2v) is 4.58. The van der Waals surface area contributed by atoms with Crippen LogP contribution in [-0.2, 0) is 9.53 Å². The molecule has 0 heterocycles. The highest BCUT2D eigenvalue weighted by Gasteiger charge is 2.74. The fourth-order valence-corrected chi connectivity index (χ4v) is 1.42. The molecule has 0 aromatic carbocycles. The Morgan fingerprint density at radius 1 is 1.17 bits per heavy atom. The van der Waals surface area contributed by atoms with Gasteiger partial charge in [-0.15, -0.1) is 0 Å². The molecule has 0 aromatic rings. The number of rotatable bonds is 10. The highest BCUT2D eigenvalue weighted by Crippen LogP contribution is 2.50. The predicted octanol–water partition coefficient (Wildman–Crippen LogP) is 3.42. The average Bonchev–Trinajstić information content (AvgIpc) is 2.43. The molecule has 0 rings (SSSR count). The maximum atomic E-state index is 13.1. The van der Waals surface area contributed by atoms with Crippen LogP contribution in [0.15, 0.2) is 12.7 Å². The average molecular weight is 358 g/mol. The number of hydrogen-bond donors (Lipinski definition) is 1. The van der Waals surface area contributed by atoms with Crippen LogP contribution in [0.4, 0.5) is 35.1 Å². The number of hydrogen-bond acceptors (Lipinski definition) is 3. The van der Waals surface area contributed by atoms with Crippen LogP contribution in [-0.4, -0.2) is 48.0 Å². The number of halogens is 8. The zero-order valence-electron chi connectivity index (χ0n) is 11.6. The molecule has 0 saturated carbocycles. The Morgan fingerprint density at radius 2 is 1.70 bits per heavy atom. The lowest BCUT2D eigenvalue weighted by Crippen LogP contribution is -2.57. The lowest BCUT2D eigenvalue weighted by Gasteiger charge is -2.32. The van der Waals surface area contributed by atoms with Gasteiger partial charge in [-0.2, -0.15) is 26.3 Å². The van der Waals surface area contributed by atoms with Crippen LogP contribution in [0.25, 0.3) is 0 Å². The van der Waals surface area contributed by atoms with Gasteiger partial charge in [0, 0.05) is 12.5 Å². The van der Waals surface area contributed by atoms with Gasteiger partial charge in [0.15, 0.2) is 0 Å². The van der Waals surface area contributed by atoms with Gasteiger partial charge < -0.3 is 9.84 Å². The van der Waals surface area contributed by atoms with Crippen molar-refractivity contribution >= 4 is 5.97 Å². The smallest absolute Gasteiger partial charge is 0.377 e. The molecule has 0 radical (unpaired) electrons. The molecule has 0 aliphatic heterocycles. The van der Waals surface area contributed by atoms with Gasteiger partial charge >= 0.3 is 30.2 Å². The predicted molar refractivity (Wildman–Crippen MR) is 61.9 cm³/mol. The molecular formula is C12H14F8O3. The van der Waals surface area contributed by atoms with E-state index in [1.165, 1.54) is 0 Å². The minimum absolute atomic E-state index is 0.601. The Kier molecular flexibility index (Phi) is 7.45. The quantitative estimate of drug-likeness (QED) is 0.370. The number of ether oxygens (including phenoxy) is 1. The van der Waals surface area contributed by atoms with E-state index in [1.54, 1.807) is 0 Å². The molecular weight excluding hydrogens is 344 g/mol. The summed E-state index contributed by atoms with van der Waals surface area (Å²) in [4.78, 5) is 10.6. The van der Waals surface area contributed by atoms with E-state index in [-0.39, 0.29) is 0 Å². The molecule has 23 heavy (non-hydrogen) atoms. The third-order valence-electron chi connectivity index (χ3n) is 2.76. The molecule has 1 atom stereocenters. The Hall–Kier alpha value is -1.39. The van der Waals surface area contributed by atoms with Crippen molar-refractivity contribution in [2.45, 2.75) is 49.6 Å². The Morgan fingerprint density at radius 3 is 2.13 bits per heavy atom. The summed E-state index contributed by atoms with van der Waals surface area (Å²) in [7, 11) is 0. The van der Waals surface area contributed by atoms with E-state index in [0.29, 0.717) is 0 Å². The summed E-state index contributed by atoms with van der Waals surface area (Å²) < 4.78 is 105. The molecule has 0 aliphatic rings. The van der Waals surface area contributed by atoms with Crippen LogP contribution in [0.2, 0.25) is 0 Å². The Labute approximate surface area is 125 Å². The van der Waals surface area contributed by atoms with Crippen LogP contribution >= 0.6 is 0 Å². The summed E-state index contributed by atoms with van der Waals surface area (Å²) in [5.74, 6) is -18.8. The molecule has 0 aromatic heterocycles. The minimum atomic E-state index is -6.26. The molecule has 0 spiro atoms. The molecule has 3 nitrogen and oxygen atoms in total. The molecule has 136 valence electrons. The van der Waals surface area contributed by atoms with Crippen molar-refractivity contribution in [3.8, 4) is 0 Å². The van der Waals surface area contributed by atoms with Crippen LogP contribution in [0.3, 0.4) is 0 Å². The van der Waals surface area contributed by atoms with Crippen molar-refractivity contribution in [2.75, 3.05) is 6.61 Å². The molecule has 0 aliphatic carbocycles. The van der Waals surface area contributed by atoms with E-state index in [2.05, 4.69) is 11.3 Å². The van der Waals surface area contributed by atoms with Gasteiger partial charge in [0.1, 0.15) is 6.61 Å². The zero-order valence-corrected chi connectivity index (χ0v) is 11.6. The summed E-state index contributed by atoms with van der Waals surface area (Å²) in [6.07, 6.45) is -9.10. The largest absolute Gasteiger partial charge is 0.460 e. The third kappa shape index (κ3) is 5.33. The maximum absolute atomic E-state index is 13.1. The molecule has 0 saturated heterocycles. The molecule has 11 heteroatoms. The Balaban J connectivity index is 4.58. The summed E-state index contributed by atoms with van der Waals surface area (Å²) in [6, 6.07) is 0. The number of alkyl halides is 8. The molecule has 1 unspecified atom stereocenters. The second-order valence-electron chi connectivity index (χ2n) is 4.58. The number of carbonyl (C=O) groups is 1. The first kappa shape index (κ1) is 21.6. The normalized spacial score (nSPS) is 14.7. The van der Waals surface area contributed by atoms with Gasteiger partial charge in [-0.05, 0) is 12.8 Å². The van der Waals surface area contributed by atoms with E-state index >= 15 is 0 Å². The van der Waals surface area contributed by atoms with Gasteiger partial charge in [-0.1, -0.05) is 6.58 Å². The lowest BCUT2D eigenvalue weighted by molar-refractivity contribution is -0.339. The zero-order chi connectivity index (χ0) is 18.5. The summed E-state index contributed by atoms with van der Waals surface area (Å²) in [5.41, 5.74) is 0. The van der Waals surface area contributed by atoms with E-state index in [1.807, 2.05) is 0 Å². The third-order valence-corrected chi connectivity index (χ3v) is 2.76. The van der Waals surface area contributed by atoms with E-state index in [0.717, 1.165) is 6.08 Å². The molecule has 0 fully saturated rings. The SMILES string of the molecule is C=CC(=O)OCC(O)CCCC(F)(F)C(F)(F)C(F)(F)C(F)F.